The number of hydrogen-bond donors (Lipinski definition) is 2. The molecule has 4 nitrogen and oxygen atoms in total. The van der Waals surface area contributed by atoms with Gasteiger partial charge in [-0.05, 0) is 37.5 Å². The van der Waals surface area contributed by atoms with E-state index in [2.05, 4.69) is 97.5 Å². The maximum atomic E-state index is 6.55. The predicted octanol–water partition coefficient (Wildman–Crippen LogP) is 5.66. The fourth-order valence-electron chi connectivity index (χ4n) is 3.77. The van der Waals surface area contributed by atoms with Crippen LogP contribution in [-0.4, -0.2) is 37.7 Å². The third kappa shape index (κ3) is 9.19. The standard InChI is InChI=1S/C29H41N3O/c1-6-15-27(30-5)23-32(8-3)29(20-25-16-11-9-12-17-25)24(4)33-28(7-2)22-31-21-26-18-13-10-14-19-26/h6,9-19,28,30-31H,1,7-8,20-23H2,2-5H3/b27-15-,29-24-. The molecular weight excluding hydrogens is 406 g/mol. The van der Waals surface area contributed by atoms with E-state index in [4.69, 9.17) is 4.74 Å². The molecule has 0 fully saturated rings. The normalized spacial score (nSPS) is 13.2. The van der Waals surface area contributed by atoms with Crippen molar-refractivity contribution in [3.05, 3.63) is 108 Å². The van der Waals surface area contributed by atoms with Gasteiger partial charge in [-0.25, -0.2) is 0 Å². The maximum absolute atomic E-state index is 6.55. The lowest BCUT2D eigenvalue weighted by molar-refractivity contribution is 0.103. The zero-order valence-electron chi connectivity index (χ0n) is 20.8. The summed E-state index contributed by atoms with van der Waals surface area (Å²) >= 11 is 0. The van der Waals surface area contributed by atoms with Crippen LogP contribution in [0.15, 0.2) is 96.5 Å². The highest BCUT2D eigenvalue weighted by molar-refractivity contribution is 5.24. The average Bonchev–Trinajstić information content (AvgIpc) is 2.86. The molecule has 0 aliphatic carbocycles. The molecule has 0 amide bonds. The summed E-state index contributed by atoms with van der Waals surface area (Å²) in [5.74, 6) is 0.989. The van der Waals surface area contributed by atoms with Crippen LogP contribution in [0.25, 0.3) is 0 Å². The van der Waals surface area contributed by atoms with Gasteiger partial charge in [0, 0.05) is 38.8 Å². The zero-order valence-corrected chi connectivity index (χ0v) is 20.8. The van der Waals surface area contributed by atoms with Gasteiger partial charge in [-0.2, -0.15) is 0 Å². The fraction of sp³-hybridized carbons (Fsp3) is 0.379. The van der Waals surface area contributed by atoms with Crippen LogP contribution >= 0.6 is 0 Å². The molecule has 0 aliphatic heterocycles. The summed E-state index contributed by atoms with van der Waals surface area (Å²) < 4.78 is 6.55. The SMILES string of the molecule is C=C/C=C(/CN(CC)/C(Cc1ccccc1)=C(/C)OC(CC)CNCc1ccccc1)NC. The van der Waals surface area contributed by atoms with Gasteiger partial charge in [0.25, 0.3) is 0 Å². The van der Waals surface area contributed by atoms with Crippen molar-refractivity contribution in [1.29, 1.82) is 0 Å². The van der Waals surface area contributed by atoms with Gasteiger partial charge in [-0.1, -0.05) is 80.2 Å². The summed E-state index contributed by atoms with van der Waals surface area (Å²) in [5, 5.41) is 6.85. The van der Waals surface area contributed by atoms with Crippen molar-refractivity contribution in [2.75, 3.05) is 26.7 Å². The van der Waals surface area contributed by atoms with E-state index < -0.39 is 0 Å². The highest BCUT2D eigenvalue weighted by atomic mass is 16.5. The molecule has 0 saturated carbocycles. The second-order valence-corrected chi connectivity index (χ2v) is 8.12. The molecule has 0 radical (unpaired) electrons. The van der Waals surface area contributed by atoms with Crippen LogP contribution in [0.1, 0.15) is 38.3 Å². The van der Waals surface area contributed by atoms with Crippen molar-refractivity contribution in [1.82, 2.24) is 15.5 Å². The van der Waals surface area contributed by atoms with E-state index >= 15 is 0 Å². The van der Waals surface area contributed by atoms with Crippen LogP contribution in [0.2, 0.25) is 0 Å². The molecule has 0 spiro atoms. The molecule has 2 aromatic carbocycles. The first-order valence-corrected chi connectivity index (χ1v) is 12.0. The Bertz CT molecular complexity index is 874. The molecule has 0 saturated heterocycles. The first kappa shape index (κ1) is 26.3. The quantitative estimate of drug-likeness (QED) is 0.273. The van der Waals surface area contributed by atoms with Crippen LogP contribution in [0.4, 0.5) is 0 Å². The molecule has 0 aliphatic rings. The first-order valence-electron chi connectivity index (χ1n) is 12.0. The predicted molar refractivity (Wildman–Crippen MR) is 141 cm³/mol. The van der Waals surface area contributed by atoms with Gasteiger partial charge in [0.05, 0.1) is 12.2 Å². The van der Waals surface area contributed by atoms with Crippen LogP contribution in [0.5, 0.6) is 0 Å². The average molecular weight is 448 g/mol. The topological polar surface area (TPSA) is 36.5 Å². The molecule has 4 heteroatoms. The molecule has 0 aromatic heterocycles. The highest BCUT2D eigenvalue weighted by Crippen LogP contribution is 2.20. The summed E-state index contributed by atoms with van der Waals surface area (Å²) in [7, 11) is 1.96. The van der Waals surface area contributed by atoms with Crippen molar-refractivity contribution in [2.45, 2.75) is 46.3 Å². The molecule has 2 rings (SSSR count). The van der Waals surface area contributed by atoms with E-state index in [-0.39, 0.29) is 6.10 Å². The van der Waals surface area contributed by atoms with Crippen LogP contribution in [0, 0.1) is 0 Å². The van der Waals surface area contributed by atoms with Crippen molar-refractivity contribution in [2.24, 2.45) is 0 Å². The van der Waals surface area contributed by atoms with Crippen molar-refractivity contribution >= 4 is 0 Å². The minimum absolute atomic E-state index is 0.116. The summed E-state index contributed by atoms with van der Waals surface area (Å²) in [6.07, 6.45) is 5.75. The third-order valence-corrected chi connectivity index (χ3v) is 5.73. The molecule has 178 valence electrons. The maximum Gasteiger partial charge on any atom is 0.113 e. The number of nitrogens with one attached hydrogen (secondary N) is 2. The Morgan fingerprint density at radius 1 is 1.03 bits per heavy atom. The Labute approximate surface area is 201 Å². The van der Waals surface area contributed by atoms with Gasteiger partial charge in [0.1, 0.15) is 11.9 Å². The second-order valence-electron chi connectivity index (χ2n) is 8.12. The molecule has 1 unspecified atom stereocenters. The molecule has 33 heavy (non-hydrogen) atoms. The monoisotopic (exact) mass is 447 g/mol. The minimum Gasteiger partial charge on any atom is -0.492 e. The van der Waals surface area contributed by atoms with Crippen LogP contribution < -0.4 is 10.6 Å². The largest absolute Gasteiger partial charge is 0.492 e. The Kier molecular flexibility index (Phi) is 11.9. The molecule has 2 N–H and O–H groups in total. The van der Waals surface area contributed by atoms with E-state index in [0.717, 1.165) is 50.5 Å². The van der Waals surface area contributed by atoms with Crippen LogP contribution in [-0.2, 0) is 17.7 Å². The Morgan fingerprint density at radius 2 is 1.67 bits per heavy atom. The molecular formula is C29H41N3O. The highest BCUT2D eigenvalue weighted by Gasteiger charge is 2.17. The van der Waals surface area contributed by atoms with Crippen molar-refractivity contribution < 1.29 is 4.74 Å². The van der Waals surface area contributed by atoms with Crippen molar-refractivity contribution in [3.8, 4) is 0 Å². The van der Waals surface area contributed by atoms with Gasteiger partial charge >= 0.3 is 0 Å². The van der Waals surface area contributed by atoms with Crippen molar-refractivity contribution in [3.63, 3.8) is 0 Å². The lowest BCUT2D eigenvalue weighted by atomic mass is 10.1. The number of ether oxygens (including phenoxy) is 1. The number of nitrogens with zero attached hydrogens (tertiary/aromatic N) is 1. The summed E-state index contributed by atoms with van der Waals surface area (Å²) in [5.41, 5.74) is 4.91. The van der Waals surface area contributed by atoms with Gasteiger partial charge < -0.3 is 20.3 Å². The summed E-state index contributed by atoms with van der Waals surface area (Å²) in [4.78, 5) is 2.39. The van der Waals surface area contributed by atoms with E-state index in [1.54, 1.807) is 0 Å². The molecule has 0 heterocycles. The zero-order chi connectivity index (χ0) is 23.9. The minimum atomic E-state index is 0.116. The van der Waals surface area contributed by atoms with Gasteiger partial charge in [0.15, 0.2) is 0 Å². The number of hydrogen-bond acceptors (Lipinski definition) is 4. The van der Waals surface area contributed by atoms with E-state index in [0.29, 0.717) is 0 Å². The van der Waals surface area contributed by atoms with E-state index in [9.17, 15) is 0 Å². The molecule has 0 bridgehead atoms. The Hall–Kier alpha value is -2.98. The number of benzene rings is 2. The summed E-state index contributed by atoms with van der Waals surface area (Å²) in [6, 6.07) is 21.1. The third-order valence-electron chi connectivity index (χ3n) is 5.73. The Balaban J connectivity index is 2.18. The second kappa shape index (κ2) is 15.0. The number of allylic oxidation sites excluding steroid dienone is 4. The fourth-order valence-corrected chi connectivity index (χ4v) is 3.77. The lowest BCUT2D eigenvalue weighted by Gasteiger charge is -2.30. The smallest absolute Gasteiger partial charge is 0.113 e. The summed E-state index contributed by atoms with van der Waals surface area (Å²) in [6.45, 7) is 13.7. The Morgan fingerprint density at radius 3 is 2.21 bits per heavy atom. The van der Waals surface area contributed by atoms with E-state index in [1.165, 1.54) is 16.8 Å². The molecule has 1 atom stereocenters. The first-order chi connectivity index (χ1) is 16.1. The van der Waals surface area contributed by atoms with Gasteiger partial charge in [-0.15, -0.1) is 0 Å². The van der Waals surface area contributed by atoms with E-state index in [1.807, 2.05) is 25.3 Å². The molecule has 2 aromatic rings. The van der Waals surface area contributed by atoms with Gasteiger partial charge in [-0.3, -0.25) is 0 Å². The van der Waals surface area contributed by atoms with Crippen LogP contribution in [0.3, 0.4) is 0 Å². The number of likely N-dealkylation sites (N-methyl/N-ethyl adjacent to an activating group) is 2. The number of rotatable bonds is 15. The lowest BCUT2D eigenvalue weighted by Crippen LogP contribution is -2.32. The van der Waals surface area contributed by atoms with Gasteiger partial charge in [0.2, 0.25) is 0 Å².